The van der Waals surface area contributed by atoms with Gasteiger partial charge in [-0.05, 0) is 18.2 Å². The van der Waals surface area contributed by atoms with E-state index in [1.54, 1.807) is 11.6 Å². The highest BCUT2D eigenvalue weighted by Gasteiger charge is 2.13. The number of carboxylic acid groups (broad SMARTS) is 1. The normalized spacial score (nSPS) is 10.3. The van der Waals surface area contributed by atoms with Crippen LogP contribution in [0.5, 0.6) is 5.75 Å². The number of benzene rings is 1. The fraction of sp³-hybridized carbons (Fsp3) is 0.182. The molecule has 6 nitrogen and oxygen atoms in total. The van der Waals surface area contributed by atoms with Gasteiger partial charge in [0, 0.05) is 7.05 Å². The van der Waals surface area contributed by atoms with E-state index in [-0.39, 0.29) is 17.9 Å². The van der Waals surface area contributed by atoms with Gasteiger partial charge in [-0.2, -0.15) is 0 Å². The van der Waals surface area contributed by atoms with Crippen molar-refractivity contribution in [2.75, 3.05) is 0 Å². The van der Waals surface area contributed by atoms with Gasteiger partial charge in [-0.3, -0.25) is 0 Å². The van der Waals surface area contributed by atoms with Gasteiger partial charge in [-0.15, -0.1) is 10.2 Å². The van der Waals surface area contributed by atoms with Crippen molar-refractivity contribution in [3.05, 3.63) is 41.7 Å². The van der Waals surface area contributed by atoms with Crippen LogP contribution in [0.2, 0.25) is 0 Å². The quantitative estimate of drug-likeness (QED) is 0.884. The minimum atomic E-state index is -1.25. The van der Waals surface area contributed by atoms with Crippen molar-refractivity contribution in [2.24, 2.45) is 7.05 Å². The third-order valence-electron chi connectivity index (χ3n) is 2.33. The number of rotatable bonds is 4. The lowest BCUT2D eigenvalue weighted by Gasteiger charge is -2.08. The topological polar surface area (TPSA) is 77.2 Å². The molecule has 0 aliphatic heterocycles. The molecule has 0 aliphatic rings. The Morgan fingerprint density at radius 1 is 1.56 bits per heavy atom. The van der Waals surface area contributed by atoms with Crippen molar-refractivity contribution in [1.29, 1.82) is 0 Å². The van der Waals surface area contributed by atoms with E-state index in [0.717, 1.165) is 12.1 Å². The average molecular weight is 251 g/mol. The number of hydrogen-bond donors (Lipinski definition) is 1. The summed E-state index contributed by atoms with van der Waals surface area (Å²) in [5, 5.41) is 16.4. The van der Waals surface area contributed by atoms with Gasteiger partial charge >= 0.3 is 5.97 Å². The molecular formula is C11H10FN3O3. The Balaban J connectivity index is 2.19. The highest BCUT2D eigenvalue weighted by Crippen LogP contribution is 2.20. The average Bonchev–Trinajstić information content (AvgIpc) is 2.73. The zero-order valence-electron chi connectivity index (χ0n) is 9.50. The summed E-state index contributed by atoms with van der Waals surface area (Å²) in [5.74, 6) is -1.25. The van der Waals surface area contributed by atoms with E-state index in [1.807, 2.05) is 0 Å². The SMILES string of the molecule is Cn1cnnc1COc1ccc(F)cc1C(=O)O. The van der Waals surface area contributed by atoms with Gasteiger partial charge in [-0.1, -0.05) is 0 Å². The molecule has 0 aliphatic carbocycles. The molecule has 0 spiro atoms. The maximum Gasteiger partial charge on any atom is 0.339 e. The molecule has 2 rings (SSSR count). The molecular weight excluding hydrogens is 241 g/mol. The van der Waals surface area contributed by atoms with Gasteiger partial charge in [0.25, 0.3) is 0 Å². The van der Waals surface area contributed by atoms with Crippen molar-refractivity contribution < 1.29 is 19.0 Å². The third kappa shape index (κ3) is 2.45. The summed E-state index contributed by atoms with van der Waals surface area (Å²) in [5.41, 5.74) is -0.225. The number of ether oxygens (including phenoxy) is 1. The van der Waals surface area contributed by atoms with Crippen LogP contribution >= 0.6 is 0 Å². The minimum Gasteiger partial charge on any atom is -0.485 e. The first-order valence-corrected chi connectivity index (χ1v) is 5.06. The molecule has 0 bridgehead atoms. The van der Waals surface area contributed by atoms with E-state index < -0.39 is 11.8 Å². The Morgan fingerprint density at radius 3 is 2.94 bits per heavy atom. The van der Waals surface area contributed by atoms with Gasteiger partial charge < -0.3 is 14.4 Å². The highest BCUT2D eigenvalue weighted by atomic mass is 19.1. The first kappa shape index (κ1) is 12.0. The van der Waals surface area contributed by atoms with Crippen LogP contribution in [0.1, 0.15) is 16.2 Å². The molecule has 1 N–H and O–H groups in total. The van der Waals surface area contributed by atoms with E-state index in [9.17, 15) is 9.18 Å². The number of aromatic nitrogens is 3. The van der Waals surface area contributed by atoms with Crippen LogP contribution in [-0.2, 0) is 13.7 Å². The lowest BCUT2D eigenvalue weighted by atomic mass is 10.2. The maximum absolute atomic E-state index is 12.9. The molecule has 0 atom stereocenters. The lowest BCUT2D eigenvalue weighted by Crippen LogP contribution is -2.07. The molecule has 0 unspecified atom stereocenters. The smallest absolute Gasteiger partial charge is 0.339 e. The third-order valence-corrected chi connectivity index (χ3v) is 2.33. The number of carbonyl (C=O) groups is 1. The standard InChI is InChI=1S/C11H10FN3O3/c1-15-6-13-14-10(15)5-18-9-3-2-7(12)4-8(9)11(16)17/h2-4,6H,5H2,1H3,(H,16,17). The molecule has 18 heavy (non-hydrogen) atoms. The molecule has 1 heterocycles. The van der Waals surface area contributed by atoms with Gasteiger partial charge in [-0.25, -0.2) is 9.18 Å². The molecule has 0 saturated carbocycles. The molecule has 2 aromatic rings. The van der Waals surface area contributed by atoms with Crippen molar-refractivity contribution in [3.63, 3.8) is 0 Å². The minimum absolute atomic E-state index is 0.0579. The molecule has 94 valence electrons. The number of carboxylic acids is 1. The second-order valence-corrected chi connectivity index (χ2v) is 3.59. The number of aromatic carboxylic acids is 1. The van der Waals surface area contributed by atoms with E-state index in [2.05, 4.69) is 10.2 Å². The molecule has 1 aromatic heterocycles. The summed E-state index contributed by atoms with van der Waals surface area (Å²) in [6, 6.07) is 3.32. The summed E-state index contributed by atoms with van der Waals surface area (Å²) >= 11 is 0. The molecule has 0 amide bonds. The van der Waals surface area contributed by atoms with Crippen LogP contribution in [0.3, 0.4) is 0 Å². The molecule has 7 heteroatoms. The van der Waals surface area contributed by atoms with E-state index in [0.29, 0.717) is 5.82 Å². The fourth-order valence-electron chi connectivity index (χ4n) is 1.38. The summed E-state index contributed by atoms with van der Waals surface area (Å²) in [7, 11) is 1.74. The van der Waals surface area contributed by atoms with Crippen molar-refractivity contribution in [1.82, 2.24) is 14.8 Å². The Bertz CT molecular complexity index is 583. The summed E-state index contributed by atoms with van der Waals surface area (Å²) in [6.45, 7) is 0.0579. The highest BCUT2D eigenvalue weighted by molar-refractivity contribution is 5.90. The molecule has 0 fully saturated rings. The van der Waals surface area contributed by atoms with Crippen LogP contribution in [0, 0.1) is 5.82 Å². The number of nitrogens with zero attached hydrogens (tertiary/aromatic N) is 3. The second-order valence-electron chi connectivity index (χ2n) is 3.59. The van der Waals surface area contributed by atoms with E-state index in [1.165, 1.54) is 12.4 Å². The van der Waals surface area contributed by atoms with Crippen molar-refractivity contribution >= 4 is 5.97 Å². The summed E-state index contributed by atoms with van der Waals surface area (Å²) in [4.78, 5) is 10.9. The largest absolute Gasteiger partial charge is 0.485 e. The van der Waals surface area contributed by atoms with Crippen LogP contribution in [0.25, 0.3) is 0 Å². The second kappa shape index (κ2) is 4.82. The van der Waals surface area contributed by atoms with Gasteiger partial charge in [0.1, 0.15) is 30.1 Å². The molecule has 0 radical (unpaired) electrons. The molecule has 0 saturated heterocycles. The predicted molar refractivity (Wildman–Crippen MR) is 58.7 cm³/mol. The van der Waals surface area contributed by atoms with Crippen molar-refractivity contribution in [2.45, 2.75) is 6.61 Å². The van der Waals surface area contributed by atoms with Gasteiger partial charge in [0.2, 0.25) is 0 Å². The maximum atomic E-state index is 12.9. The fourth-order valence-corrected chi connectivity index (χ4v) is 1.38. The van der Waals surface area contributed by atoms with Crippen LogP contribution in [0.4, 0.5) is 4.39 Å². The number of aryl methyl sites for hydroxylation is 1. The summed E-state index contributed by atoms with van der Waals surface area (Å²) in [6.07, 6.45) is 1.50. The van der Waals surface area contributed by atoms with Gasteiger partial charge in [0.05, 0.1) is 0 Å². The van der Waals surface area contributed by atoms with E-state index >= 15 is 0 Å². The zero-order chi connectivity index (χ0) is 13.1. The van der Waals surface area contributed by atoms with Gasteiger partial charge in [0.15, 0.2) is 5.82 Å². The Morgan fingerprint density at radius 2 is 2.33 bits per heavy atom. The Labute approximate surface area is 102 Å². The van der Waals surface area contributed by atoms with Crippen LogP contribution in [-0.4, -0.2) is 25.8 Å². The van der Waals surface area contributed by atoms with Crippen molar-refractivity contribution in [3.8, 4) is 5.75 Å². The first-order chi connectivity index (χ1) is 8.58. The Kier molecular flexibility index (Phi) is 3.22. The Hall–Kier alpha value is -2.44. The molecule has 1 aromatic carbocycles. The van der Waals surface area contributed by atoms with E-state index in [4.69, 9.17) is 9.84 Å². The lowest BCUT2D eigenvalue weighted by molar-refractivity contribution is 0.0691. The predicted octanol–water partition coefficient (Wildman–Crippen LogP) is 1.23. The first-order valence-electron chi connectivity index (χ1n) is 5.06. The monoisotopic (exact) mass is 251 g/mol. The summed E-state index contributed by atoms with van der Waals surface area (Å²) < 4.78 is 19.9. The van der Waals surface area contributed by atoms with Crippen LogP contribution < -0.4 is 4.74 Å². The number of halogens is 1. The number of hydrogen-bond acceptors (Lipinski definition) is 4. The van der Waals surface area contributed by atoms with Crippen LogP contribution in [0.15, 0.2) is 24.5 Å². The zero-order valence-corrected chi connectivity index (χ0v) is 9.50.